The molecule has 3 rings (SSSR count). The van der Waals surface area contributed by atoms with Gasteiger partial charge in [0.1, 0.15) is 19.0 Å². The highest BCUT2D eigenvalue weighted by Gasteiger charge is 2.18. The van der Waals surface area contributed by atoms with Gasteiger partial charge in [-0.15, -0.1) is 0 Å². The van der Waals surface area contributed by atoms with Gasteiger partial charge in [-0.1, -0.05) is 41.0 Å². The lowest BCUT2D eigenvalue weighted by atomic mass is 10.0. The Labute approximate surface area is 242 Å². The van der Waals surface area contributed by atoms with E-state index in [0.717, 1.165) is 63.2 Å². The summed E-state index contributed by atoms with van der Waals surface area (Å²) in [6.07, 6.45) is 5.59. The summed E-state index contributed by atoms with van der Waals surface area (Å²) < 4.78 is 19.3. The zero-order valence-corrected chi connectivity index (χ0v) is 26.3. The fourth-order valence-corrected chi connectivity index (χ4v) is 5.45. The molecule has 7 heteroatoms. The molecule has 3 aromatic heterocycles. The molecule has 0 saturated heterocycles. The van der Waals surface area contributed by atoms with E-state index in [9.17, 15) is 0 Å². The van der Waals surface area contributed by atoms with E-state index in [4.69, 9.17) is 24.2 Å². The first-order valence-corrected chi connectivity index (χ1v) is 14.6. The van der Waals surface area contributed by atoms with Crippen molar-refractivity contribution in [3.63, 3.8) is 0 Å². The fraction of sp³-hybridized carbons (Fsp3) is 0.516. The Morgan fingerprint density at radius 1 is 0.842 bits per heavy atom. The molecule has 0 aromatic carbocycles. The summed E-state index contributed by atoms with van der Waals surface area (Å²) in [6.45, 7) is 15.9. The molecule has 206 valence electrons. The molecule has 0 unspecified atom stereocenters. The minimum Gasteiger partial charge on any atom is -0.496 e. The summed E-state index contributed by atoms with van der Waals surface area (Å²) in [6, 6.07) is 6.10. The molecule has 0 aliphatic carbocycles. The molecule has 3 heterocycles. The third kappa shape index (κ3) is 8.04. The van der Waals surface area contributed by atoms with Crippen molar-refractivity contribution in [3.8, 4) is 17.5 Å². The Hall–Kier alpha value is -2.42. The van der Waals surface area contributed by atoms with Crippen molar-refractivity contribution in [2.75, 3.05) is 7.11 Å². The van der Waals surface area contributed by atoms with Crippen LogP contribution in [0.15, 0.2) is 24.4 Å². The van der Waals surface area contributed by atoms with Gasteiger partial charge in [0, 0.05) is 21.0 Å². The second-order valence-electron chi connectivity index (χ2n) is 10.7. The second kappa shape index (κ2) is 14.1. The molecule has 0 fully saturated rings. The average molecular weight is 632 g/mol. The van der Waals surface area contributed by atoms with E-state index in [-0.39, 0.29) is 0 Å². The average Bonchev–Trinajstić information content (AvgIpc) is 2.85. The monoisotopic (exact) mass is 631 g/mol. The van der Waals surface area contributed by atoms with Gasteiger partial charge in [-0.3, -0.25) is 4.98 Å². The molecule has 0 N–H and O–H groups in total. The normalized spacial score (nSPS) is 11.3. The van der Waals surface area contributed by atoms with Gasteiger partial charge in [-0.25, -0.2) is 9.97 Å². The summed E-state index contributed by atoms with van der Waals surface area (Å²) in [7, 11) is 1.68. The van der Waals surface area contributed by atoms with Crippen molar-refractivity contribution < 1.29 is 14.2 Å². The van der Waals surface area contributed by atoms with Crippen molar-refractivity contribution in [1.82, 2.24) is 15.0 Å². The highest BCUT2D eigenvalue weighted by Crippen LogP contribution is 2.31. The number of aryl methyl sites for hydroxylation is 2. The van der Waals surface area contributed by atoms with Crippen molar-refractivity contribution in [2.24, 2.45) is 11.8 Å². The quantitative estimate of drug-likeness (QED) is 0.181. The number of halogens is 1. The van der Waals surface area contributed by atoms with E-state index in [1.807, 2.05) is 6.07 Å². The number of nitrogens with zero attached hydrogens (tertiary/aromatic N) is 3. The Morgan fingerprint density at radius 2 is 1.47 bits per heavy atom. The maximum atomic E-state index is 6.35. The highest BCUT2D eigenvalue weighted by atomic mass is 127. The van der Waals surface area contributed by atoms with E-state index in [1.54, 1.807) is 13.3 Å². The van der Waals surface area contributed by atoms with E-state index in [2.05, 4.69) is 88.2 Å². The third-order valence-corrected chi connectivity index (χ3v) is 7.29. The molecule has 0 atom stereocenters. The Kier molecular flexibility index (Phi) is 11.2. The first-order chi connectivity index (χ1) is 18.1. The van der Waals surface area contributed by atoms with Gasteiger partial charge >= 0.3 is 0 Å². The SMILES string of the molecule is CCCc1c(C)cc(COc2nc(COc3nccc(OC)c3CC(C)C)cc(I)c2CC(C)C)nc1C. The van der Waals surface area contributed by atoms with Crippen molar-refractivity contribution in [2.45, 2.75) is 87.4 Å². The summed E-state index contributed by atoms with van der Waals surface area (Å²) in [5, 5.41) is 0. The van der Waals surface area contributed by atoms with Crippen LogP contribution in [0.5, 0.6) is 17.5 Å². The molecule has 0 aliphatic heterocycles. The van der Waals surface area contributed by atoms with Crippen LogP contribution in [0, 0.1) is 29.3 Å². The number of methoxy groups -OCH3 is 1. The predicted molar refractivity (Wildman–Crippen MR) is 161 cm³/mol. The lowest BCUT2D eigenvalue weighted by Crippen LogP contribution is -2.11. The first kappa shape index (κ1) is 30.1. The largest absolute Gasteiger partial charge is 0.496 e. The zero-order valence-electron chi connectivity index (χ0n) is 24.2. The van der Waals surface area contributed by atoms with Crippen LogP contribution in [0.2, 0.25) is 0 Å². The maximum Gasteiger partial charge on any atom is 0.220 e. The minimum atomic E-state index is 0.293. The van der Waals surface area contributed by atoms with Crippen LogP contribution < -0.4 is 14.2 Å². The van der Waals surface area contributed by atoms with Gasteiger partial charge in [0.15, 0.2) is 0 Å². The van der Waals surface area contributed by atoms with Gasteiger partial charge in [0.05, 0.1) is 24.1 Å². The Bertz CT molecular complexity index is 1200. The summed E-state index contributed by atoms with van der Waals surface area (Å²) >= 11 is 2.39. The topological polar surface area (TPSA) is 66.4 Å². The molecule has 3 aromatic rings. The number of hydrogen-bond acceptors (Lipinski definition) is 6. The van der Waals surface area contributed by atoms with Crippen LogP contribution in [0.25, 0.3) is 0 Å². The van der Waals surface area contributed by atoms with Crippen LogP contribution >= 0.6 is 22.6 Å². The van der Waals surface area contributed by atoms with Gasteiger partial charge in [-0.2, -0.15) is 0 Å². The fourth-order valence-electron chi connectivity index (χ4n) is 4.64. The predicted octanol–water partition coefficient (Wildman–Crippen LogP) is 7.61. The second-order valence-corrected chi connectivity index (χ2v) is 11.9. The minimum absolute atomic E-state index is 0.293. The molecule has 0 spiro atoms. The number of hydrogen-bond donors (Lipinski definition) is 0. The molecule has 0 saturated carbocycles. The number of ether oxygens (including phenoxy) is 3. The third-order valence-electron chi connectivity index (χ3n) is 6.32. The summed E-state index contributed by atoms with van der Waals surface area (Å²) in [5.74, 6) is 2.96. The Balaban J connectivity index is 1.86. The van der Waals surface area contributed by atoms with Crippen LogP contribution in [-0.4, -0.2) is 22.1 Å². The summed E-state index contributed by atoms with van der Waals surface area (Å²) in [5.41, 5.74) is 7.53. The van der Waals surface area contributed by atoms with Crippen molar-refractivity contribution in [3.05, 3.63) is 67.3 Å². The van der Waals surface area contributed by atoms with Gasteiger partial charge in [0.25, 0.3) is 0 Å². The molecule has 0 bridgehead atoms. The number of pyridine rings is 3. The highest BCUT2D eigenvalue weighted by molar-refractivity contribution is 14.1. The van der Waals surface area contributed by atoms with Crippen LogP contribution in [-0.2, 0) is 32.5 Å². The maximum absolute atomic E-state index is 6.35. The van der Waals surface area contributed by atoms with Crippen LogP contribution in [0.1, 0.15) is 80.4 Å². The van der Waals surface area contributed by atoms with Crippen molar-refractivity contribution >= 4 is 22.6 Å². The van der Waals surface area contributed by atoms with Gasteiger partial charge < -0.3 is 14.2 Å². The van der Waals surface area contributed by atoms with E-state index in [0.29, 0.717) is 36.8 Å². The standard InChI is InChI=1S/C31H42IN3O3/c1-9-10-25-21(6)15-23(34-22(25)7)17-38-31-26(13-19(2)3)28(32)16-24(35-31)18-37-30-27(14-20(4)5)29(36-8)11-12-33-30/h11-12,15-16,19-20H,9-10,13-14,17-18H2,1-8H3. The van der Waals surface area contributed by atoms with E-state index in [1.165, 1.54) is 11.1 Å². The van der Waals surface area contributed by atoms with E-state index >= 15 is 0 Å². The van der Waals surface area contributed by atoms with Crippen LogP contribution in [0.3, 0.4) is 0 Å². The smallest absolute Gasteiger partial charge is 0.220 e. The number of aromatic nitrogens is 3. The van der Waals surface area contributed by atoms with Gasteiger partial charge in [-0.05, 0) is 96.9 Å². The lowest BCUT2D eigenvalue weighted by molar-refractivity contribution is 0.265. The zero-order chi connectivity index (χ0) is 27.8. The molecular formula is C31H42IN3O3. The molecule has 0 aliphatic rings. The molecule has 6 nitrogen and oxygen atoms in total. The Morgan fingerprint density at radius 3 is 2.08 bits per heavy atom. The van der Waals surface area contributed by atoms with Gasteiger partial charge in [0.2, 0.25) is 11.8 Å². The number of rotatable bonds is 13. The van der Waals surface area contributed by atoms with Crippen LogP contribution in [0.4, 0.5) is 0 Å². The summed E-state index contributed by atoms with van der Waals surface area (Å²) in [4.78, 5) is 14.2. The van der Waals surface area contributed by atoms with Crippen molar-refractivity contribution in [1.29, 1.82) is 0 Å². The molecule has 0 radical (unpaired) electrons. The molecule has 38 heavy (non-hydrogen) atoms. The molecule has 0 amide bonds. The molecular weight excluding hydrogens is 589 g/mol. The lowest BCUT2D eigenvalue weighted by Gasteiger charge is -2.18. The first-order valence-electron chi connectivity index (χ1n) is 13.5. The van der Waals surface area contributed by atoms with E-state index < -0.39 is 0 Å².